The van der Waals surface area contributed by atoms with Crippen LogP contribution in [0.4, 0.5) is 0 Å². The van der Waals surface area contributed by atoms with Crippen LogP contribution in [0.15, 0.2) is 95.9 Å². The minimum atomic E-state index is -3.92. The van der Waals surface area contributed by atoms with Crippen LogP contribution < -0.4 is 9.47 Å². The zero-order chi connectivity index (χ0) is 32.4. The number of fused-ring (bicyclic) bond motifs is 1. The lowest BCUT2D eigenvalue weighted by atomic mass is 10.0. The lowest BCUT2D eigenvalue weighted by Gasteiger charge is -2.28. The number of benzene rings is 4. The van der Waals surface area contributed by atoms with Gasteiger partial charge >= 0.3 is 5.97 Å². The van der Waals surface area contributed by atoms with E-state index in [1.54, 1.807) is 13.2 Å². The molecule has 2 heterocycles. The normalized spacial score (nSPS) is 13.3. The minimum Gasteiger partial charge on any atom is -0.496 e. The maximum absolute atomic E-state index is 14.0. The van der Waals surface area contributed by atoms with Gasteiger partial charge in [0.05, 0.1) is 29.9 Å². The molecular weight excluding hydrogens is 626 g/mol. The maximum Gasteiger partial charge on any atom is 0.341 e. The number of ether oxygens (including phenoxy) is 2. The van der Waals surface area contributed by atoms with Crippen LogP contribution in [0.5, 0.6) is 11.5 Å². The van der Waals surface area contributed by atoms with Gasteiger partial charge in [-0.1, -0.05) is 66.2 Å². The Kier molecular flexibility index (Phi) is 8.86. The number of carboxylic acid groups (broad SMARTS) is 1. The third-order valence-corrected chi connectivity index (χ3v) is 10.2. The van der Waals surface area contributed by atoms with Crippen molar-refractivity contribution >= 4 is 27.6 Å². The van der Waals surface area contributed by atoms with E-state index in [1.165, 1.54) is 22.5 Å². The molecule has 9 nitrogen and oxygen atoms in total. The Balaban J connectivity index is 1.49. The van der Waals surface area contributed by atoms with Crippen LogP contribution in [0.1, 0.15) is 22.3 Å². The Hall–Kier alpha value is -4.64. The molecule has 0 aliphatic carbocycles. The molecule has 11 heteroatoms. The Morgan fingerprint density at radius 2 is 1.72 bits per heavy atom. The summed E-state index contributed by atoms with van der Waals surface area (Å²) < 4.78 is 42.6. The van der Waals surface area contributed by atoms with Crippen molar-refractivity contribution in [3.05, 3.63) is 118 Å². The molecule has 0 amide bonds. The Morgan fingerprint density at radius 3 is 2.48 bits per heavy atom. The predicted octanol–water partition coefficient (Wildman–Crippen LogP) is 6.45. The molecule has 5 aromatic rings. The van der Waals surface area contributed by atoms with Gasteiger partial charge in [-0.05, 0) is 60.9 Å². The summed E-state index contributed by atoms with van der Waals surface area (Å²) in [7, 11) is -2.32. The molecule has 0 radical (unpaired) electrons. The first-order valence-corrected chi connectivity index (χ1v) is 16.5. The minimum absolute atomic E-state index is 0.0625. The molecule has 1 aromatic heterocycles. The van der Waals surface area contributed by atoms with Gasteiger partial charge in [0.2, 0.25) is 10.0 Å². The van der Waals surface area contributed by atoms with Crippen molar-refractivity contribution < 1.29 is 27.8 Å². The number of aliphatic carboxylic acids is 1. The number of para-hydroxylation sites is 1. The maximum atomic E-state index is 14.0. The van der Waals surface area contributed by atoms with E-state index >= 15 is 0 Å². The van der Waals surface area contributed by atoms with Crippen molar-refractivity contribution in [3.8, 4) is 34.0 Å². The molecule has 236 valence electrons. The number of halogens is 1. The van der Waals surface area contributed by atoms with Gasteiger partial charge < -0.3 is 14.6 Å². The van der Waals surface area contributed by atoms with Crippen LogP contribution in [0.2, 0.25) is 5.02 Å². The van der Waals surface area contributed by atoms with Crippen LogP contribution in [0, 0.1) is 6.92 Å². The number of carbonyl (C=O) groups is 1. The van der Waals surface area contributed by atoms with Gasteiger partial charge in [0.15, 0.2) is 6.61 Å². The lowest BCUT2D eigenvalue weighted by Crippen LogP contribution is -2.35. The Labute approximate surface area is 272 Å². The molecule has 0 fully saturated rings. The molecule has 0 saturated carbocycles. The fraction of sp³-hybridized carbons (Fsp3) is 0.200. The molecule has 1 aliphatic rings. The van der Waals surface area contributed by atoms with E-state index in [9.17, 15) is 18.3 Å². The highest BCUT2D eigenvalue weighted by Gasteiger charge is 2.30. The first kappa shape index (κ1) is 31.3. The van der Waals surface area contributed by atoms with Crippen LogP contribution in [0.25, 0.3) is 22.5 Å². The van der Waals surface area contributed by atoms with Crippen molar-refractivity contribution in [3.63, 3.8) is 0 Å². The third kappa shape index (κ3) is 6.24. The van der Waals surface area contributed by atoms with Crippen LogP contribution >= 0.6 is 11.6 Å². The number of nitrogens with zero attached hydrogens (tertiary/aromatic N) is 3. The summed E-state index contributed by atoms with van der Waals surface area (Å²) >= 11 is 6.41. The molecule has 1 N–H and O–H groups in total. The highest BCUT2D eigenvalue weighted by atomic mass is 35.5. The largest absolute Gasteiger partial charge is 0.496 e. The van der Waals surface area contributed by atoms with Crippen LogP contribution in [-0.2, 0) is 34.3 Å². The SMILES string of the molecule is COc1ccccc1Cn1nc(-c2cc(S(=O)(=O)N3CCc4ccccc4C3)ccc2OCC(=O)O)c(C)c1-c1cccc(Cl)c1. The summed E-state index contributed by atoms with van der Waals surface area (Å²) in [5.74, 6) is -0.267. The summed E-state index contributed by atoms with van der Waals surface area (Å²) in [6.07, 6.45) is 0.609. The highest BCUT2D eigenvalue weighted by Crippen LogP contribution is 2.39. The van der Waals surface area contributed by atoms with E-state index in [4.69, 9.17) is 26.2 Å². The zero-order valence-corrected chi connectivity index (χ0v) is 26.9. The van der Waals surface area contributed by atoms with E-state index in [0.29, 0.717) is 41.5 Å². The number of hydrogen-bond acceptors (Lipinski definition) is 6. The van der Waals surface area contributed by atoms with E-state index in [0.717, 1.165) is 33.5 Å². The van der Waals surface area contributed by atoms with E-state index in [1.807, 2.05) is 78.3 Å². The van der Waals surface area contributed by atoms with E-state index in [2.05, 4.69) is 0 Å². The number of rotatable bonds is 10. The quantitative estimate of drug-likeness (QED) is 0.184. The monoisotopic (exact) mass is 657 g/mol. The smallest absolute Gasteiger partial charge is 0.341 e. The molecule has 1 aliphatic heterocycles. The molecule has 46 heavy (non-hydrogen) atoms. The van der Waals surface area contributed by atoms with Crippen molar-refractivity contribution in [2.75, 3.05) is 20.3 Å². The lowest BCUT2D eigenvalue weighted by molar-refractivity contribution is -0.139. The van der Waals surface area contributed by atoms with Crippen LogP contribution in [0.3, 0.4) is 0 Å². The van der Waals surface area contributed by atoms with Crippen LogP contribution in [-0.4, -0.2) is 53.8 Å². The van der Waals surface area contributed by atoms with Gasteiger partial charge in [-0.2, -0.15) is 9.40 Å². The van der Waals surface area contributed by atoms with Crippen molar-refractivity contribution in [1.82, 2.24) is 14.1 Å². The fourth-order valence-corrected chi connectivity index (χ4v) is 7.50. The van der Waals surface area contributed by atoms with Gasteiger partial charge in [0.25, 0.3) is 0 Å². The van der Waals surface area contributed by atoms with Crippen molar-refractivity contribution in [2.45, 2.75) is 31.3 Å². The summed E-state index contributed by atoms with van der Waals surface area (Å²) in [6.45, 7) is 2.22. The topological polar surface area (TPSA) is 111 Å². The Morgan fingerprint density at radius 1 is 0.957 bits per heavy atom. The second kappa shape index (κ2) is 13.0. The van der Waals surface area contributed by atoms with Gasteiger partial charge in [0.1, 0.15) is 11.5 Å². The number of sulfonamides is 1. The predicted molar refractivity (Wildman–Crippen MR) is 176 cm³/mol. The molecule has 0 saturated heterocycles. The third-order valence-electron chi connectivity index (χ3n) is 8.09. The number of aromatic nitrogens is 2. The number of carboxylic acids is 1. The molecule has 6 rings (SSSR count). The van der Waals surface area contributed by atoms with Gasteiger partial charge in [-0.25, -0.2) is 13.2 Å². The zero-order valence-electron chi connectivity index (χ0n) is 25.3. The number of hydrogen-bond donors (Lipinski definition) is 1. The van der Waals surface area contributed by atoms with Crippen molar-refractivity contribution in [1.29, 1.82) is 0 Å². The summed E-state index contributed by atoms with van der Waals surface area (Å²) in [5, 5.41) is 14.9. The summed E-state index contributed by atoms with van der Waals surface area (Å²) in [4.78, 5) is 11.6. The van der Waals surface area contributed by atoms with Gasteiger partial charge in [-0.3, -0.25) is 4.68 Å². The molecular formula is C35H32ClN3O6S. The summed E-state index contributed by atoms with van der Waals surface area (Å²) in [6, 6.07) is 27.3. The average molecular weight is 658 g/mol. The highest BCUT2D eigenvalue weighted by molar-refractivity contribution is 7.89. The molecule has 0 bridgehead atoms. The van der Waals surface area contributed by atoms with E-state index < -0.39 is 22.6 Å². The second-order valence-corrected chi connectivity index (χ2v) is 13.4. The second-order valence-electron chi connectivity index (χ2n) is 11.0. The van der Waals surface area contributed by atoms with Gasteiger partial charge in [0, 0.05) is 40.4 Å². The van der Waals surface area contributed by atoms with E-state index in [-0.39, 0.29) is 17.2 Å². The number of methoxy groups -OCH3 is 1. The fourth-order valence-electron chi connectivity index (χ4n) is 5.86. The molecule has 0 spiro atoms. The van der Waals surface area contributed by atoms with Crippen molar-refractivity contribution in [2.24, 2.45) is 0 Å². The summed E-state index contributed by atoms with van der Waals surface area (Å²) in [5.41, 5.74) is 6.10. The average Bonchev–Trinajstić information content (AvgIpc) is 3.38. The molecule has 0 atom stereocenters. The first-order chi connectivity index (χ1) is 22.2. The molecule has 4 aromatic carbocycles. The first-order valence-electron chi connectivity index (χ1n) is 14.7. The molecule has 0 unspecified atom stereocenters. The Bertz CT molecular complexity index is 2040. The van der Waals surface area contributed by atoms with Gasteiger partial charge in [-0.15, -0.1) is 0 Å². The standard InChI is InChI=1S/C35H32ClN3O6S/c1-23-34(37-39(21-27-10-5-6-13-31(27)44-2)35(23)25-11-7-12-28(36)18-25)30-19-29(14-15-32(30)45-22-33(40)41)46(42,43)38-17-16-24-8-3-4-9-26(24)20-38/h3-15,18-19H,16-17,20-22H2,1-2H3,(H,40,41).